The Hall–Kier alpha value is -1.52. The van der Waals surface area contributed by atoms with E-state index in [9.17, 15) is 5.11 Å². The van der Waals surface area contributed by atoms with Crippen molar-refractivity contribution in [2.45, 2.75) is 19.6 Å². The molecular formula is C16H17BrO3. The molecule has 0 aromatic heterocycles. The predicted octanol–water partition coefficient (Wildman–Crippen LogP) is 4.09. The first-order chi connectivity index (χ1) is 9.61. The van der Waals surface area contributed by atoms with E-state index in [4.69, 9.17) is 9.47 Å². The average Bonchev–Trinajstić information content (AvgIpc) is 2.46. The fraction of sp³-hybridized carbons (Fsp3) is 0.250. The zero-order valence-corrected chi connectivity index (χ0v) is 13.1. The molecular weight excluding hydrogens is 320 g/mol. The summed E-state index contributed by atoms with van der Waals surface area (Å²) in [5.74, 6) is 1.48. The summed E-state index contributed by atoms with van der Waals surface area (Å²) in [4.78, 5) is 0. The minimum atomic E-state index is -0.556. The van der Waals surface area contributed by atoms with Gasteiger partial charge in [0.25, 0.3) is 0 Å². The summed E-state index contributed by atoms with van der Waals surface area (Å²) in [5, 5.41) is 9.73. The molecule has 0 saturated heterocycles. The van der Waals surface area contributed by atoms with Crippen molar-refractivity contribution in [2.75, 3.05) is 7.11 Å². The van der Waals surface area contributed by atoms with Crippen molar-refractivity contribution in [3.05, 3.63) is 58.1 Å². The fourth-order valence-corrected chi connectivity index (χ4v) is 2.26. The summed E-state index contributed by atoms with van der Waals surface area (Å²) in [6.07, 6.45) is -0.556. The molecule has 0 aliphatic rings. The second kappa shape index (κ2) is 6.77. The van der Waals surface area contributed by atoms with E-state index >= 15 is 0 Å². The molecule has 2 aromatic rings. The number of rotatable bonds is 5. The van der Waals surface area contributed by atoms with Gasteiger partial charge in [0.15, 0.2) is 0 Å². The second-order valence-electron chi connectivity index (χ2n) is 4.46. The maximum atomic E-state index is 9.73. The van der Waals surface area contributed by atoms with E-state index in [0.29, 0.717) is 12.4 Å². The van der Waals surface area contributed by atoms with Crippen molar-refractivity contribution in [2.24, 2.45) is 0 Å². The molecule has 0 unspecified atom stereocenters. The van der Waals surface area contributed by atoms with Crippen molar-refractivity contribution in [1.82, 2.24) is 0 Å². The van der Waals surface area contributed by atoms with E-state index in [2.05, 4.69) is 15.9 Å². The smallest absolute Gasteiger partial charge is 0.125 e. The molecule has 0 bridgehead atoms. The van der Waals surface area contributed by atoms with Crippen LogP contribution in [0, 0.1) is 0 Å². The Morgan fingerprint density at radius 1 is 1.20 bits per heavy atom. The molecule has 3 nitrogen and oxygen atoms in total. The van der Waals surface area contributed by atoms with Gasteiger partial charge in [0, 0.05) is 15.6 Å². The number of hydrogen-bond donors (Lipinski definition) is 1. The lowest BCUT2D eigenvalue weighted by Gasteiger charge is -2.14. The van der Waals surface area contributed by atoms with Gasteiger partial charge < -0.3 is 14.6 Å². The van der Waals surface area contributed by atoms with E-state index in [0.717, 1.165) is 21.3 Å². The average molecular weight is 337 g/mol. The summed E-state index contributed by atoms with van der Waals surface area (Å²) in [6, 6.07) is 13.2. The number of methoxy groups -OCH3 is 1. The Morgan fingerprint density at radius 2 is 1.95 bits per heavy atom. The van der Waals surface area contributed by atoms with E-state index in [1.54, 1.807) is 14.0 Å². The van der Waals surface area contributed by atoms with Gasteiger partial charge in [-0.1, -0.05) is 34.1 Å². The van der Waals surface area contributed by atoms with Crippen molar-refractivity contribution in [1.29, 1.82) is 0 Å². The number of ether oxygens (including phenoxy) is 2. The minimum Gasteiger partial charge on any atom is -0.497 e. The standard InChI is InChI=1S/C16H17BrO3/c1-11(18)14-5-3-4-6-16(14)20-10-12-9-13(19-2)7-8-15(12)17/h3-9,11,18H,10H2,1-2H3/t11-/m0/s1. The normalized spacial score (nSPS) is 12.0. The molecule has 20 heavy (non-hydrogen) atoms. The second-order valence-corrected chi connectivity index (χ2v) is 5.31. The van der Waals surface area contributed by atoms with E-state index in [-0.39, 0.29) is 0 Å². The van der Waals surface area contributed by atoms with Crippen LogP contribution in [0.15, 0.2) is 46.9 Å². The highest BCUT2D eigenvalue weighted by molar-refractivity contribution is 9.10. The van der Waals surface area contributed by atoms with Gasteiger partial charge in [-0.15, -0.1) is 0 Å². The highest BCUT2D eigenvalue weighted by Gasteiger charge is 2.09. The van der Waals surface area contributed by atoms with Crippen LogP contribution in [0.25, 0.3) is 0 Å². The summed E-state index contributed by atoms with van der Waals surface area (Å²) < 4.78 is 12.0. The monoisotopic (exact) mass is 336 g/mol. The number of para-hydroxylation sites is 1. The molecule has 106 valence electrons. The molecule has 1 atom stereocenters. The first-order valence-electron chi connectivity index (χ1n) is 6.34. The summed E-state index contributed by atoms with van der Waals surface area (Å²) in [7, 11) is 1.64. The Kier molecular flexibility index (Phi) is 5.04. The molecule has 0 fully saturated rings. The van der Waals surface area contributed by atoms with Crippen LogP contribution in [0.1, 0.15) is 24.2 Å². The van der Waals surface area contributed by atoms with Gasteiger partial charge >= 0.3 is 0 Å². The van der Waals surface area contributed by atoms with Gasteiger partial charge in [0.05, 0.1) is 13.2 Å². The zero-order chi connectivity index (χ0) is 14.5. The van der Waals surface area contributed by atoms with Crippen LogP contribution in [0.5, 0.6) is 11.5 Å². The Morgan fingerprint density at radius 3 is 2.65 bits per heavy atom. The quantitative estimate of drug-likeness (QED) is 0.893. The molecule has 0 radical (unpaired) electrons. The zero-order valence-electron chi connectivity index (χ0n) is 11.5. The largest absolute Gasteiger partial charge is 0.497 e. The van der Waals surface area contributed by atoms with E-state index < -0.39 is 6.10 Å². The van der Waals surface area contributed by atoms with Crippen LogP contribution in [0.2, 0.25) is 0 Å². The molecule has 2 rings (SSSR count). The lowest BCUT2D eigenvalue weighted by molar-refractivity contribution is 0.190. The van der Waals surface area contributed by atoms with Crippen LogP contribution in [-0.2, 0) is 6.61 Å². The number of halogens is 1. The van der Waals surface area contributed by atoms with Gasteiger partial charge in [0.1, 0.15) is 18.1 Å². The van der Waals surface area contributed by atoms with Crippen LogP contribution in [0.4, 0.5) is 0 Å². The predicted molar refractivity (Wildman–Crippen MR) is 82.1 cm³/mol. The highest BCUT2D eigenvalue weighted by atomic mass is 79.9. The first kappa shape index (κ1) is 14.9. The fourth-order valence-electron chi connectivity index (χ4n) is 1.90. The summed E-state index contributed by atoms with van der Waals surface area (Å²) >= 11 is 3.50. The lowest BCUT2D eigenvalue weighted by Crippen LogP contribution is -2.01. The van der Waals surface area contributed by atoms with E-state index in [1.807, 2.05) is 42.5 Å². The summed E-state index contributed by atoms with van der Waals surface area (Å²) in [6.45, 7) is 2.13. The van der Waals surface area contributed by atoms with Gasteiger partial charge in [-0.2, -0.15) is 0 Å². The molecule has 2 aromatic carbocycles. The lowest BCUT2D eigenvalue weighted by atomic mass is 10.1. The van der Waals surface area contributed by atoms with Crippen molar-refractivity contribution >= 4 is 15.9 Å². The molecule has 1 N–H and O–H groups in total. The van der Waals surface area contributed by atoms with Crippen LogP contribution in [-0.4, -0.2) is 12.2 Å². The van der Waals surface area contributed by atoms with Gasteiger partial charge in [-0.3, -0.25) is 0 Å². The molecule has 4 heteroatoms. The maximum absolute atomic E-state index is 9.73. The van der Waals surface area contributed by atoms with E-state index in [1.165, 1.54) is 0 Å². The SMILES string of the molecule is COc1ccc(Br)c(COc2ccccc2[C@H](C)O)c1. The van der Waals surface area contributed by atoms with Crippen molar-refractivity contribution < 1.29 is 14.6 Å². The minimum absolute atomic E-state index is 0.404. The van der Waals surface area contributed by atoms with Crippen LogP contribution in [0.3, 0.4) is 0 Å². The van der Waals surface area contributed by atoms with Crippen molar-refractivity contribution in [3.63, 3.8) is 0 Å². The Bertz CT molecular complexity index is 582. The molecule has 0 spiro atoms. The van der Waals surface area contributed by atoms with Gasteiger partial charge in [-0.05, 0) is 31.2 Å². The summed E-state index contributed by atoms with van der Waals surface area (Å²) in [5.41, 5.74) is 1.77. The number of hydrogen-bond acceptors (Lipinski definition) is 3. The molecule has 0 aliphatic heterocycles. The Labute approximate surface area is 127 Å². The third-order valence-electron chi connectivity index (χ3n) is 3.01. The Balaban J connectivity index is 2.17. The molecule has 0 heterocycles. The topological polar surface area (TPSA) is 38.7 Å². The number of aliphatic hydroxyl groups is 1. The highest BCUT2D eigenvalue weighted by Crippen LogP contribution is 2.28. The van der Waals surface area contributed by atoms with Gasteiger partial charge in [-0.25, -0.2) is 0 Å². The number of aliphatic hydroxyl groups excluding tert-OH is 1. The number of benzene rings is 2. The maximum Gasteiger partial charge on any atom is 0.125 e. The first-order valence-corrected chi connectivity index (χ1v) is 7.13. The third kappa shape index (κ3) is 3.52. The van der Waals surface area contributed by atoms with Crippen LogP contribution < -0.4 is 9.47 Å². The third-order valence-corrected chi connectivity index (χ3v) is 3.78. The molecule has 0 aliphatic carbocycles. The molecule has 0 saturated carbocycles. The van der Waals surface area contributed by atoms with Gasteiger partial charge in [0.2, 0.25) is 0 Å². The van der Waals surface area contributed by atoms with Crippen molar-refractivity contribution in [3.8, 4) is 11.5 Å². The van der Waals surface area contributed by atoms with Crippen LogP contribution >= 0.6 is 15.9 Å². The molecule has 0 amide bonds.